The van der Waals surface area contributed by atoms with Crippen LogP contribution in [0.15, 0.2) is 60.7 Å². The molecule has 3 aromatic carbocycles. The highest BCUT2D eigenvalue weighted by Crippen LogP contribution is 2.35. The second-order valence-corrected chi connectivity index (χ2v) is 7.96. The Balaban J connectivity index is 1.79. The highest BCUT2D eigenvalue weighted by Gasteiger charge is 2.13. The molecule has 0 saturated carbocycles. The molecule has 4 heteroatoms. The largest absolute Gasteiger partial charge is 0.407 e. The summed E-state index contributed by atoms with van der Waals surface area (Å²) in [6.45, 7) is 0. The van der Waals surface area contributed by atoms with Crippen LogP contribution in [0.1, 0.15) is 11.1 Å². The Hall–Kier alpha value is -5.68. The molecule has 0 saturated heterocycles. The summed E-state index contributed by atoms with van der Waals surface area (Å²) in [6.07, 6.45) is 15.1. The minimum absolute atomic E-state index is 0.319. The van der Waals surface area contributed by atoms with Crippen LogP contribution in [0.5, 0.6) is 11.5 Å². The van der Waals surface area contributed by atoms with Gasteiger partial charge in [0.05, 0.1) is 0 Å². The van der Waals surface area contributed by atoms with Gasteiger partial charge in [0.15, 0.2) is 0 Å². The molecule has 2 nitrogen and oxygen atoms in total. The van der Waals surface area contributed by atoms with Gasteiger partial charge in [0, 0.05) is 47.3 Å². The van der Waals surface area contributed by atoms with Gasteiger partial charge in [0.2, 0.25) is 0 Å². The Morgan fingerprint density at radius 2 is 0.850 bits per heavy atom. The zero-order valence-electron chi connectivity index (χ0n) is 20.9. The average molecular weight is 551 g/mol. The monoisotopic (exact) mass is 550 g/mol. The Morgan fingerprint density at radius 1 is 0.500 bits per heavy atom. The number of terminal acetylenes is 2. The molecule has 0 heterocycles. The van der Waals surface area contributed by atoms with Crippen molar-refractivity contribution >= 4 is 23.2 Å². The van der Waals surface area contributed by atoms with Gasteiger partial charge in [-0.2, -0.15) is 0 Å². The van der Waals surface area contributed by atoms with Gasteiger partial charge in [-0.15, -0.1) is 36.0 Å². The Labute approximate surface area is 245 Å². The van der Waals surface area contributed by atoms with E-state index >= 15 is 0 Å². The van der Waals surface area contributed by atoms with Crippen molar-refractivity contribution in [3.05, 3.63) is 71.8 Å². The summed E-state index contributed by atoms with van der Waals surface area (Å²) in [5, 5.41) is 0. The van der Waals surface area contributed by atoms with Gasteiger partial charge >= 0.3 is 0 Å². The first kappa shape index (κ1) is 28.9. The van der Waals surface area contributed by atoms with E-state index in [-0.39, 0.29) is 0 Å². The zero-order valence-corrected chi connectivity index (χ0v) is 22.4. The molecular formula is C36H16Cl2O2. The number of rotatable bonds is 6. The fraction of sp³-hybridized carbons (Fsp3) is 0.0556. The van der Waals surface area contributed by atoms with E-state index in [2.05, 4.69) is 95.4 Å². The second-order valence-electron chi connectivity index (χ2n) is 7.43. The fourth-order valence-electron chi connectivity index (χ4n) is 3.33. The number of hydrogen-bond acceptors (Lipinski definition) is 2. The molecule has 0 atom stereocenters. The first-order valence-corrected chi connectivity index (χ1v) is 12.5. The Morgan fingerprint density at radius 3 is 1.20 bits per heavy atom. The summed E-state index contributed by atoms with van der Waals surface area (Å²) >= 11 is 12.7. The highest BCUT2D eigenvalue weighted by molar-refractivity contribution is 6.18. The normalized spacial score (nSPS) is 8.20. The lowest BCUT2D eigenvalue weighted by Crippen LogP contribution is -1.95. The van der Waals surface area contributed by atoms with E-state index in [0.717, 1.165) is 33.4 Å². The molecule has 0 spiro atoms. The van der Waals surface area contributed by atoms with Crippen LogP contribution in [0.4, 0.5) is 0 Å². The molecule has 186 valence electrons. The lowest BCUT2D eigenvalue weighted by molar-refractivity contribution is 0.520. The smallest absolute Gasteiger partial charge is 0.140 e. The highest BCUT2D eigenvalue weighted by atomic mass is 35.5. The van der Waals surface area contributed by atoms with Crippen molar-refractivity contribution in [2.45, 2.75) is 11.8 Å². The van der Waals surface area contributed by atoms with Gasteiger partial charge in [-0.3, -0.25) is 0 Å². The molecule has 0 aromatic heterocycles. The van der Waals surface area contributed by atoms with E-state index in [0.29, 0.717) is 23.3 Å². The number of hydrogen-bond donors (Lipinski definition) is 0. The van der Waals surface area contributed by atoms with Crippen molar-refractivity contribution in [3.8, 4) is 130 Å². The van der Waals surface area contributed by atoms with Crippen LogP contribution in [0, 0.1) is 96.1 Å². The first-order chi connectivity index (χ1) is 19.7. The maximum Gasteiger partial charge on any atom is 0.140 e. The topological polar surface area (TPSA) is 18.5 Å². The maximum absolute atomic E-state index is 6.36. The predicted octanol–water partition coefficient (Wildman–Crippen LogP) is 6.46. The van der Waals surface area contributed by atoms with Crippen molar-refractivity contribution in [3.63, 3.8) is 0 Å². The third-order valence-corrected chi connectivity index (χ3v) is 5.61. The van der Waals surface area contributed by atoms with Gasteiger partial charge in [0.1, 0.15) is 23.7 Å². The van der Waals surface area contributed by atoms with Gasteiger partial charge in [-0.1, -0.05) is 24.3 Å². The summed E-state index contributed by atoms with van der Waals surface area (Å²) < 4.78 is 10.8. The van der Waals surface area contributed by atoms with E-state index in [1.54, 1.807) is 0 Å². The van der Waals surface area contributed by atoms with Crippen LogP contribution in [0.25, 0.3) is 22.3 Å². The maximum atomic E-state index is 6.36. The molecule has 3 rings (SSSR count). The van der Waals surface area contributed by atoms with Crippen LogP contribution < -0.4 is 9.47 Å². The lowest BCUT2D eigenvalue weighted by Gasteiger charge is -2.15. The molecule has 0 unspecified atom stereocenters. The summed E-state index contributed by atoms with van der Waals surface area (Å²) in [5.41, 5.74) is 5.81. The Bertz CT molecular complexity index is 1710. The summed E-state index contributed by atoms with van der Waals surface area (Å²) in [4.78, 5) is 0. The molecule has 0 amide bonds. The first-order valence-electron chi connectivity index (χ1n) is 11.4. The third-order valence-electron chi connectivity index (χ3n) is 5.03. The van der Waals surface area contributed by atoms with Gasteiger partial charge in [0.25, 0.3) is 0 Å². The fourth-order valence-corrected chi connectivity index (χ4v) is 3.77. The van der Waals surface area contributed by atoms with Crippen molar-refractivity contribution < 1.29 is 9.47 Å². The minimum atomic E-state index is 0.319. The standard InChI is InChI=1S/C36H16Cl2O2/c1-3-5-7-9-11-13-23-39-33-19-15-29(16-20-33)35-25-32(28-38)36(26-31(35)27-37)30-17-21-34(22-18-30)40-24-14-12-10-8-6-4-2/h1-2,15-22,25-26H,27-28H2. The van der Waals surface area contributed by atoms with E-state index in [9.17, 15) is 0 Å². The van der Waals surface area contributed by atoms with Crippen molar-refractivity contribution in [1.82, 2.24) is 0 Å². The number of benzene rings is 3. The lowest BCUT2D eigenvalue weighted by atomic mass is 9.92. The zero-order chi connectivity index (χ0) is 28.4. The average Bonchev–Trinajstić information content (AvgIpc) is 3.00. The van der Waals surface area contributed by atoms with E-state index < -0.39 is 0 Å². The molecule has 0 bridgehead atoms. The van der Waals surface area contributed by atoms with Crippen molar-refractivity contribution in [2.75, 3.05) is 0 Å². The van der Waals surface area contributed by atoms with Crippen LogP contribution in [-0.2, 0) is 11.8 Å². The summed E-state index contributed by atoms with van der Waals surface area (Å²) in [6, 6.07) is 19.1. The van der Waals surface area contributed by atoms with E-state index in [4.69, 9.17) is 45.5 Å². The predicted molar refractivity (Wildman–Crippen MR) is 162 cm³/mol. The van der Waals surface area contributed by atoms with Gasteiger partial charge in [-0.25, -0.2) is 0 Å². The van der Waals surface area contributed by atoms with Crippen molar-refractivity contribution in [2.24, 2.45) is 0 Å². The molecule has 0 aliphatic carbocycles. The summed E-state index contributed by atoms with van der Waals surface area (Å²) in [5.74, 6) is 31.0. The van der Waals surface area contributed by atoms with Crippen LogP contribution in [0.2, 0.25) is 0 Å². The number of ether oxygens (including phenoxy) is 2. The summed E-state index contributed by atoms with van der Waals surface area (Å²) in [7, 11) is 0. The minimum Gasteiger partial charge on any atom is -0.407 e. The molecule has 0 aliphatic rings. The second kappa shape index (κ2) is 16.2. The number of alkyl halides is 2. The SMILES string of the molecule is C#CC#CC#CC#COc1ccc(-c2cc(CCl)c(-c3ccc(OC#CC#CC#CC#C)cc3)cc2CCl)cc1. The van der Waals surface area contributed by atoms with E-state index in [1.165, 1.54) is 0 Å². The molecule has 0 N–H and O–H groups in total. The van der Waals surface area contributed by atoms with Gasteiger partial charge < -0.3 is 9.47 Å². The van der Waals surface area contributed by atoms with E-state index in [1.807, 2.05) is 48.5 Å². The van der Waals surface area contributed by atoms with Crippen LogP contribution in [-0.4, -0.2) is 0 Å². The third kappa shape index (κ3) is 8.71. The molecular weight excluding hydrogens is 535 g/mol. The van der Waals surface area contributed by atoms with Crippen LogP contribution in [0.3, 0.4) is 0 Å². The van der Waals surface area contributed by atoms with Crippen molar-refractivity contribution in [1.29, 1.82) is 0 Å². The molecule has 40 heavy (non-hydrogen) atoms. The van der Waals surface area contributed by atoms with Crippen LogP contribution >= 0.6 is 23.2 Å². The molecule has 0 fully saturated rings. The number of halogens is 2. The Kier molecular flexibility index (Phi) is 11.7. The molecule has 3 aromatic rings. The quantitative estimate of drug-likeness (QED) is 0.259. The van der Waals surface area contributed by atoms with Gasteiger partial charge in [-0.05, 0) is 105 Å². The molecule has 0 aliphatic heterocycles. The molecule has 0 radical (unpaired) electrons.